The van der Waals surface area contributed by atoms with Crippen molar-refractivity contribution in [2.75, 3.05) is 33.4 Å². The number of carbonyl (C=O) groups is 1. The summed E-state index contributed by atoms with van der Waals surface area (Å²) in [7, 11) is 1.67. The van der Waals surface area contributed by atoms with Crippen molar-refractivity contribution in [3.05, 3.63) is 42.2 Å². The van der Waals surface area contributed by atoms with Gasteiger partial charge in [0.05, 0.1) is 6.61 Å². The molecule has 2 N–H and O–H groups in total. The number of pyridine rings is 1. The van der Waals surface area contributed by atoms with E-state index in [1.165, 1.54) is 0 Å². The van der Waals surface area contributed by atoms with Gasteiger partial charge >= 0.3 is 0 Å². The third-order valence-corrected chi connectivity index (χ3v) is 3.00. The number of nitrogens with zero attached hydrogens (tertiary/aromatic N) is 1. The Labute approximate surface area is 118 Å². The van der Waals surface area contributed by atoms with Gasteiger partial charge in [0, 0.05) is 50.1 Å². The fourth-order valence-corrected chi connectivity index (χ4v) is 1.98. The Kier molecular flexibility index (Phi) is 5.46. The molecule has 0 saturated heterocycles. The van der Waals surface area contributed by atoms with Crippen LogP contribution in [0.25, 0.3) is 10.8 Å². The van der Waals surface area contributed by atoms with Gasteiger partial charge in [-0.05, 0) is 17.5 Å². The number of hydrogen-bond acceptors (Lipinski definition) is 4. The van der Waals surface area contributed by atoms with E-state index < -0.39 is 0 Å². The van der Waals surface area contributed by atoms with E-state index in [9.17, 15) is 4.79 Å². The molecule has 20 heavy (non-hydrogen) atoms. The molecule has 0 aliphatic rings. The molecule has 0 aliphatic carbocycles. The summed E-state index contributed by atoms with van der Waals surface area (Å²) in [6.07, 6.45) is 3.46. The van der Waals surface area contributed by atoms with E-state index in [1.807, 2.05) is 24.3 Å². The molecule has 0 fully saturated rings. The summed E-state index contributed by atoms with van der Waals surface area (Å²) in [6.45, 7) is 2.77. The maximum absolute atomic E-state index is 12.2. The average molecular weight is 273 g/mol. The molecule has 0 bridgehead atoms. The molecule has 5 nitrogen and oxygen atoms in total. The Balaban J connectivity index is 1.91. The van der Waals surface area contributed by atoms with Crippen molar-refractivity contribution in [2.24, 2.45) is 0 Å². The molecular weight excluding hydrogens is 254 g/mol. The van der Waals surface area contributed by atoms with Crippen LogP contribution in [0.4, 0.5) is 0 Å². The van der Waals surface area contributed by atoms with Crippen LogP contribution in [0.3, 0.4) is 0 Å². The van der Waals surface area contributed by atoms with E-state index in [-0.39, 0.29) is 5.91 Å². The molecule has 2 aromatic rings. The third kappa shape index (κ3) is 3.76. The molecule has 0 saturated carbocycles. The molecule has 0 radical (unpaired) electrons. The molecule has 1 heterocycles. The fraction of sp³-hybridized carbons (Fsp3) is 0.333. The summed E-state index contributed by atoms with van der Waals surface area (Å²) in [4.78, 5) is 16.2. The first-order valence-corrected chi connectivity index (χ1v) is 6.63. The fourth-order valence-electron chi connectivity index (χ4n) is 1.98. The molecule has 0 unspecified atom stereocenters. The van der Waals surface area contributed by atoms with Crippen LogP contribution in [0.2, 0.25) is 0 Å². The first-order valence-electron chi connectivity index (χ1n) is 6.63. The number of hydrogen-bond donors (Lipinski definition) is 2. The lowest BCUT2D eigenvalue weighted by Crippen LogP contribution is -2.33. The zero-order chi connectivity index (χ0) is 14.2. The Morgan fingerprint density at radius 3 is 3.00 bits per heavy atom. The van der Waals surface area contributed by atoms with Gasteiger partial charge < -0.3 is 15.4 Å². The van der Waals surface area contributed by atoms with E-state index in [1.54, 1.807) is 19.5 Å². The standard InChI is InChI=1S/C15H19N3O2/c1-20-10-9-16-7-8-18-15(19)14-4-2-3-12-11-17-6-5-13(12)14/h2-6,11,16H,7-10H2,1H3,(H,18,19). The summed E-state index contributed by atoms with van der Waals surface area (Å²) in [5.41, 5.74) is 0.682. The normalized spacial score (nSPS) is 10.7. The second kappa shape index (κ2) is 7.57. The number of nitrogens with one attached hydrogen (secondary N) is 2. The zero-order valence-corrected chi connectivity index (χ0v) is 11.6. The van der Waals surface area contributed by atoms with Gasteiger partial charge in [-0.3, -0.25) is 9.78 Å². The predicted octanol–water partition coefficient (Wildman–Crippen LogP) is 1.20. The molecule has 106 valence electrons. The van der Waals surface area contributed by atoms with Gasteiger partial charge in [-0.25, -0.2) is 0 Å². The molecule has 0 spiro atoms. The van der Waals surface area contributed by atoms with Crippen molar-refractivity contribution in [3.63, 3.8) is 0 Å². The summed E-state index contributed by atoms with van der Waals surface area (Å²) < 4.78 is 4.93. The third-order valence-electron chi connectivity index (χ3n) is 3.00. The van der Waals surface area contributed by atoms with E-state index in [2.05, 4.69) is 15.6 Å². The lowest BCUT2D eigenvalue weighted by atomic mass is 10.1. The van der Waals surface area contributed by atoms with Gasteiger partial charge in [-0.15, -0.1) is 0 Å². The Hall–Kier alpha value is -1.98. The lowest BCUT2D eigenvalue weighted by molar-refractivity contribution is 0.0955. The summed E-state index contributed by atoms with van der Waals surface area (Å²) in [5, 5.41) is 7.98. The van der Waals surface area contributed by atoms with E-state index in [0.29, 0.717) is 18.7 Å². The zero-order valence-electron chi connectivity index (χ0n) is 11.6. The highest BCUT2D eigenvalue weighted by atomic mass is 16.5. The molecule has 1 aromatic carbocycles. The van der Waals surface area contributed by atoms with Gasteiger partial charge in [0.1, 0.15) is 0 Å². The molecule has 1 amide bonds. The highest BCUT2D eigenvalue weighted by Gasteiger charge is 2.08. The Morgan fingerprint density at radius 2 is 2.15 bits per heavy atom. The highest BCUT2D eigenvalue weighted by molar-refractivity contribution is 6.06. The van der Waals surface area contributed by atoms with Gasteiger partial charge in [-0.1, -0.05) is 12.1 Å². The van der Waals surface area contributed by atoms with Crippen LogP contribution in [-0.2, 0) is 4.74 Å². The number of benzene rings is 1. The van der Waals surface area contributed by atoms with Gasteiger partial charge in [0.15, 0.2) is 0 Å². The minimum atomic E-state index is -0.0599. The van der Waals surface area contributed by atoms with Crippen LogP contribution in [0.1, 0.15) is 10.4 Å². The maximum Gasteiger partial charge on any atom is 0.251 e. The second-order valence-corrected chi connectivity index (χ2v) is 4.40. The van der Waals surface area contributed by atoms with E-state index in [0.717, 1.165) is 23.9 Å². The summed E-state index contributed by atoms with van der Waals surface area (Å²) >= 11 is 0. The number of amides is 1. The van der Waals surface area contributed by atoms with Crippen molar-refractivity contribution < 1.29 is 9.53 Å². The minimum Gasteiger partial charge on any atom is -0.383 e. The van der Waals surface area contributed by atoms with Crippen LogP contribution in [0.5, 0.6) is 0 Å². The first kappa shape index (κ1) is 14.4. The number of methoxy groups -OCH3 is 1. The van der Waals surface area contributed by atoms with Crippen LogP contribution in [0.15, 0.2) is 36.7 Å². The van der Waals surface area contributed by atoms with Gasteiger partial charge in [0.25, 0.3) is 5.91 Å². The predicted molar refractivity (Wildman–Crippen MR) is 78.8 cm³/mol. The van der Waals surface area contributed by atoms with E-state index >= 15 is 0 Å². The number of aromatic nitrogens is 1. The van der Waals surface area contributed by atoms with Crippen molar-refractivity contribution in [3.8, 4) is 0 Å². The van der Waals surface area contributed by atoms with E-state index in [4.69, 9.17) is 4.74 Å². The molecule has 1 aromatic heterocycles. The average Bonchev–Trinajstić information content (AvgIpc) is 2.50. The lowest BCUT2D eigenvalue weighted by Gasteiger charge is -2.08. The van der Waals surface area contributed by atoms with Gasteiger partial charge in [0.2, 0.25) is 0 Å². The largest absolute Gasteiger partial charge is 0.383 e. The topological polar surface area (TPSA) is 63.2 Å². The number of ether oxygens (including phenoxy) is 1. The number of carbonyl (C=O) groups excluding carboxylic acids is 1. The van der Waals surface area contributed by atoms with Crippen LogP contribution >= 0.6 is 0 Å². The van der Waals surface area contributed by atoms with Crippen LogP contribution in [0, 0.1) is 0 Å². The quantitative estimate of drug-likeness (QED) is 0.744. The first-order chi connectivity index (χ1) is 9.83. The summed E-state index contributed by atoms with van der Waals surface area (Å²) in [5.74, 6) is -0.0599. The van der Waals surface area contributed by atoms with Crippen molar-refractivity contribution in [1.29, 1.82) is 0 Å². The van der Waals surface area contributed by atoms with Crippen molar-refractivity contribution in [1.82, 2.24) is 15.6 Å². The minimum absolute atomic E-state index is 0.0599. The van der Waals surface area contributed by atoms with Crippen LogP contribution in [-0.4, -0.2) is 44.2 Å². The van der Waals surface area contributed by atoms with Crippen molar-refractivity contribution in [2.45, 2.75) is 0 Å². The maximum atomic E-state index is 12.2. The smallest absolute Gasteiger partial charge is 0.251 e. The number of rotatable bonds is 7. The van der Waals surface area contributed by atoms with Crippen molar-refractivity contribution >= 4 is 16.7 Å². The molecule has 5 heteroatoms. The highest BCUT2D eigenvalue weighted by Crippen LogP contribution is 2.16. The number of fused-ring (bicyclic) bond motifs is 1. The summed E-state index contributed by atoms with van der Waals surface area (Å²) in [6, 6.07) is 7.51. The second-order valence-electron chi connectivity index (χ2n) is 4.40. The monoisotopic (exact) mass is 273 g/mol. The molecular formula is C15H19N3O2. The Bertz CT molecular complexity index is 567. The molecule has 0 atom stereocenters. The van der Waals surface area contributed by atoms with Crippen LogP contribution < -0.4 is 10.6 Å². The SMILES string of the molecule is COCCNCCNC(=O)c1cccc2cnccc12. The molecule has 0 aliphatic heterocycles. The molecule has 2 rings (SSSR count). The Morgan fingerprint density at radius 1 is 1.25 bits per heavy atom. The van der Waals surface area contributed by atoms with Gasteiger partial charge in [-0.2, -0.15) is 0 Å².